The van der Waals surface area contributed by atoms with Crippen LogP contribution in [0.3, 0.4) is 0 Å². The Labute approximate surface area is 103 Å². The summed E-state index contributed by atoms with van der Waals surface area (Å²) >= 11 is 1.92. The summed E-state index contributed by atoms with van der Waals surface area (Å²) in [5.74, 6) is 1.27. The fraction of sp³-hybridized carbons (Fsp3) is 0.750. The van der Waals surface area contributed by atoms with E-state index in [4.69, 9.17) is 0 Å². The molecule has 0 fully saturated rings. The molecule has 1 rings (SSSR count). The van der Waals surface area contributed by atoms with E-state index in [2.05, 4.69) is 29.8 Å². The van der Waals surface area contributed by atoms with Crippen molar-refractivity contribution in [2.75, 3.05) is 18.6 Å². The van der Waals surface area contributed by atoms with Gasteiger partial charge >= 0.3 is 0 Å². The molecule has 1 N–H and O–H groups in total. The van der Waals surface area contributed by atoms with Crippen LogP contribution in [0.2, 0.25) is 0 Å². The molecule has 0 saturated carbocycles. The van der Waals surface area contributed by atoms with E-state index in [1.807, 2.05) is 29.7 Å². The molecule has 0 saturated heterocycles. The molecule has 0 aliphatic rings. The topological polar surface area (TPSA) is 29.9 Å². The molecule has 0 bridgehead atoms. The average Bonchev–Trinajstić information content (AvgIpc) is 2.70. The molecule has 1 heterocycles. The molecule has 0 spiro atoms. The number of nitrogens with zero attached hydrogens (tertiary/aromatic N) is 2. The highest BCUT2D eigenvalue weighted by Gasteiger charge is 2.09. The van der Waals surface area contributed by atoms with Gasteiger partial charge in [-0.2, -0.15) is 16.9 Å². The molecular formula is C12H23N3S. The minimum Gasteiger partial charge on any atom is -0.310 e. The highest BCUT2D eigenvalue weighted by Crippen LogP contribution is 2.15. The normalized spacial score (nSPS) is 12.9. The van der Waals surface area contributed by atoms with E-state index in [1.165, 1.54) is 24.2 Å². The highest BCUT2D eigenvalue weighted by molar-refractivity contribution is 7.98. The third-order valence-electron chi connectivity index (χ3n) is 2.70. The molecule has 0 amide bonds. The quantitative estimate of drug-likeness (QED) is 0.710. The standard InChI is InChI=1S/C12H23N3S/c1-4-12(11-9-14-15(2)10-11)13-7-5-6-8-16-3/h9-10,12-13H,4-8H2,1-3H3. The predicted molar refractivity (Wildman–Crippen MR) is 71.9 cm³/mol. The lowest BCUT2D eigenvalue weighted by molar-refractivity contribution is 0.508. The number of aromatic nitrogens is 2. The predicted octanol–water partition coefficient (Wildman–Crippen LogP) is 2.60. The van der Waals surface area contributed by atoms with Gasteiger partial charge in [0.15, 0.2) is 0 Å². The van der Waals surface area contributed by atoms with Crippen molar-refractivity contribution in [2.24, 2.45) is 7.05 Å². The Morgan fingerprint density at radius 1 is 1.50 bits per heavy atom. The van der Waals surface area contributed by atoms with Gasteiger partial charge in [0.1, 0.15) is 0 Å². The second-order valence-electron chi connectivity index (χ2n) is 4.06. The summed E-state index contributed by atoms with van der Waals surface area (Å²) in [6.07, 6.45) is 9.91. The molecule has 16 heavy (non-hydrogen) atoms. The Hall–Kier alpha value is -0.480. The largest absolute Gasteiger partial charge is 0.310 e. The zero-order valence-electron chi connectivity index (χ0n) is 10.6. The van der Waals surface area contributed by atoms with Crippen LogP contribution in [-0.2, 0) is 7.05 Å². The minimum atomic E-state index is 0.461. The summed E-state index contributed by atoms with van der Waals surface area (Å²) in [5.41, 5.74) is 1.30. The van der Waals surface area contributed by atoms with E-state index in [1.54, 1.807) is 0 Å². The first-order valence-corrected chi connectivity index (χ1v) is 7.38. The maximum Gasteiger partial charge on any atom is 0.0537 e. The zero-order valence-corrected chi connectivity index (χ0v) is 11.4. The minimum absolute atomic E-state index is 0.461. The van der Waals surface area contributed by atoms with Crippen LogP contribution in [0.15, 0.2) is 12.4 Å². The first kappa shape index (κ1) is 13.6. The van der Waals surface area contributed by atoms with Crippen LogP contribution >= 0.6 is 11.8 Å². The van der Waals surface area contributed by atoms with Gasteiger partial charge in [-0.25, -0.2) is 0 Å². The Balaban J connectivity index is 2.27. The average molecular weight is 241 g/mol. The maximum atomic E-state index is 4.22. The Bertz CT molecular complexity index is 286. The van der Waals surface area contributed by atoms with Crippen molar-refractivity contribution in [2.45, 2.75) is 32.2 Å². The van der Waals surface area contributed by atoms with Crippen molar-refractivity contribution in [3.05, 3.63) is 18.0 Å². The van der Waals surface area contributed by atoms with Gasteiger partial charge < -0.3 is 5.32 Å². The van der Waals surface area contributed by atoms with E-state index in [0.717, 1.165) is 13.0 Å². The molecule has 1 aromatic heterocycles. The van der Waals surface area contributed by atoms with Gasteiger partial charge in [0.2, 0.25) is 0 Å². The van der Waals surface area contributed by atoms with Crippen molar-refractivity contribution in [1.82, 2.24) is 15.1 Å². The number of hydrogen-bond acceptors (Lipinski definition) is 3. The zero-order chi connectivity index (χ0) is 11.8. The Morgan fingerprint density at radius 2 is 2.31 bits per heavy atom. The van der Waals surface area contributed by atoms with Crippen molar-refractivity contribution in [3.63, 3.8) is 0 Å². The summed E-state index contributed by atoms with van der Waals surface area (Å²) in [6, 6.07) is 0.461. The van der Waals surface area contributed by atoms with E-state index in [-0.39, 0.29) is 0 Å². The smallest absolute Gasteiger partial charge is 0.0537 e. The summed E-state index contributed by atoms with van der Waals surface area (Å²) in [5, 5.41) is 7.81. The van der Waals surface area contributed by atoms with Crippen molar-refractivity contribution >= 4 is 11.8 Å². The van der Waals surface area contributed by atoms with Gasteiger partial charge in [0.05, 0.1) is 6.20 Å². The van der Waals surface area contributed by atoms with Gasteiger partial charge in [-0.1, -0.05) is 6.92 Å². The lowest BCUT2D eigenvalue weighted by Gasteiger charge is -2.15. The van der Waals surface area contributed by atoms with Crippen molar-refractivity contribution < 1.29 is 0 Å². The molecule has 0 aliphatic heterocycles. The molecule has 0 aromatic carbocycles. The monoisotopic (exact) mass is 241 g/mol. The van der Waals surface area contributed by atoms with E-state index in [0.29, 0.717) is 6.04 Å². The molecule has 92 valence electrons. The number of hydrogen-bond donors (Lipinski definition) is 1. The summed E-state index contributed by atoms with van der Waals surface area (Å²) < 4.78 is 1.87. The summed E-state index contributed by atoms with van der Waals surface area (Å²) in [6.45, 7) is 3.32. The molecule has 1 aromatic rings. The fourth-order valence-corrected chi connectivity index (χ4v) is 2.26. The van der Waals surface area contributed by atoms with E-state index < -0.39 is 0 Å². The first-order chi connectivity index (χ1) is 7.77. The van der Waals surface area contributed by atoms with E-state index in [9.17, 15) is 0 Å². The lowest BCUT2D eigenvalue weighted by Crippen LogP contribution is -2.21. The highest BCUT2D eigenvalue weighted by atomic mass is 32.2. The van der Waals surface area contributed by atoms with Crippen LogP contribution in [0.25, 0.3) is 0 Å². The van der Waals surface area contributed by atoms with Gasteiger partial charge in [0, 0.05) is 24.8 Å². The van der Waals surface area contributed by atoms with Gasteiger partial charge in [0.25, 0.3) is 0 Å². The molecule has 1 atom stereocenters. The Kier molecular flexibility index (Phi) is 6.57. The van der Waals surface area contributed by atoms with Gasteiger partial charge in [-0.05, 0) is 37.8 Å². The molecule has 3 nitrogen and oxygen atoms in total. The summed E-state index contributed by atoms with van der Waals surface area (Å²) in [4.78, 5) is 0. The first-order valence-electron chi connectivity index (χ1n) is 5.98. The SMILES string of the molecule is CCC(NCCCCSC)c1cnn(C)c1. The molecular weight excluding hydrogens is 218 g/mol. The van der Waals surface area contributed by atoms with Crippen LogP contribution < -0.4 is 5.32 Å². The Morgan fingerprint density at radius 3 is 2.88 bits per heavy atom. The van der Waals surface area contributed by atoms with E-state index >= 15 is 0 Å². The van der Waals surface area contributed by atoms with Crippen LogP contribution in [0.1, 0.15) is 37.8 Å². The molecule has 1 unspecified atom stereocenters. The second kappa shape index (κ2) is 7.74. The van der Waals surface area contributed by atoms with Crippen LogP contribution in [0.5, 0.6) is 0 Å². The van der Waals surface area contributed by atoms with Crippen LogP contribution in [0, 0.1) is 0 Å². The second-order valence-corrected chi connectivity index (χ2v) is 5.05. The number of aryl methyl sites for hydroxylation is 1. The van der Waals surface area contributed by atoms with Crippen molar-refractivity contribution in [3.8, 4) is 0 Å². The maximum absolute atomic E-state index is 4.22. The third-order valence-corrected chi connectivity index (χ3v) is 3.40. The number of thioether (sulfide) groups is 1. The van der Waals surface area contributed by atoms with Crippen LogP contribution in [0.4, 0.5) is 0 Å². The fourth-order valence-electron chi connectivity index (χ4n) is 1.77. The van der Waals surface area contributed by atoms with Crippen LogP contribution in [-0.4, -0.2) is 28.3 Å². The number of unbranched alkanes of at least 4 members (excludes halogenated alkanes) is 1. The number of rotatable bonds is 8. The van der Waals surface area contributed by atoms with Crippen molar-refractivity contribution in [1.29, 1.82) is 0 Å². The number of nitrogens with one attached hydrogen (secondary N) is 1. The lowest BCUT2D eigenvalue weighted by atomic mass is 10.1. The molecule has 4 heteroatoms. The summed E-state index contributed by atoms with van der Waals surface area (Å²) in [7, 11) is 1.97. The molecule has 0 aliphatic carbocycles. The molecule has 0 radical (unpaired) electrons. The van der Waals surface area contributed by atoms with Gasteiger partial charge in [-0.3, -0.25) is 4.68 Å². The van der Waals surface area contributed by atoms with Gasteiger partial charge in [-0.15, -0.1) is 0 Å². The third kappa shape index (κ3) is 4.58.